The predicted octanol–water partition coefficient (Wildman–Crippen LogP) is -0.527. The second-order valence-corrected chi connectivity index (χ2v) is 6.08. The number of hydrogen-bond acceptors (Lipinski definition) is 7. The molecule has 0 unspecified atom stereocenters. The summed E-state index contributed by atoms with van der Waals surface area (Å²) in [4.78, 5) is 23.9. The Kier molecular flexibility index (Phi) is 3.17. The van der Waals surface area contributed by atoms with E-state index in [1.54, 1.807) is 11.9 Å². The number of carbonyl (C=O) groups excluding carboxylic acids is 1. The van der Waals surface area contributed by atoms with Crippen molar-refractivity contribution in [3.8, 4) is 0 Å². The number of carbonyl (C=O) groups is 1. The average molecular weight is 317 g/mol. The first-order valence-corrected chi connectivity index (χ1v) is 7.68. The van der Waals surface area contributed by atoms with E-state index >= 15 is 0 Å². The highest BCUT2D eigenvalue weighted by atomic mass is 16.2. The molecule has 10 heteroatoms. The number of fused-ring (bicyclic) bond motifs is 1. The fraction of sp³-hybridized carbons (Fsp3) is 0.615. The van der Waals surface area contributed by atoms with E-state index in [-0.39, 0.29) is 6.03 Å². The molecule has 1 aromatic rings. The Hall–Kier alpha value is -2.65. The van der Waals surface area contributed by atoms with Crippen molar-refractivity contribution in [1.82, 2.24) is 40.2 Å². The van der Waals surface area contributed by atoms with E-state index in [9.17, 15) is 4.79 Å². The number of urea groups is 1. The van der Waals surface area contributed by atoms with Crippen LogP contribution < -0.4 is 5.32 Å². The summed E-state index contributed by atoms with van der Waals surface area (Å²) in [7, 11) is 3.70. The van der Waals surface area contributed by atoms with Gasteiger partial charge in [0, 0.05) is 32.3 Å². The van der Waals surface area contributed by atoms with Crippen LogP contribution in [0.3, 0.4) is 0 Å². The van der Waals surface area contributed by atoms with Gasteiger partial charge < -0.3 is 9.80 Å². The van der Waals surface area contributed by atoms with Gasteiger partial charge in [-0.3, -0.25) is 10.2 Å². The van der Waals surface area contributed by atoms with Crippen LogP contribution in [0.15, 0.2) is 17.0 Å². The van der Waals surface area contributed by atoms with Crippen LogP contribution in [0.25, 0.3) is 0 Å². The van der Waals surface area contributed by atoms with Crippen molar-refractivity contribution >= 4 is 12.0 Å². The van der Waals surface area contributed by atoms with E-state index < -0.39 is 0 Å². The Balaban J connectivity index is 1.45. The molecule has 1 fully saturated rings. The molecule has 2 amide bonds. The summed E-state index contributed by atoms with van der Waals surface area (Å²) in [5, 5.41) is 15.2. The van der Waals surface area contributed by atoms with Gasteiger partial charge >= 0.3 is 6.03 Å². The van der Waals surface area contributed by atoms with E-state index in [1.165, 1.54) is 4.80 Å². The number of piperidine rings is 1. The molecule has 4 rings (SSSR count). The number of likely N-dealkylation sites (tertiary alicyclic amines) is 1. The van der Waals surface area contributed by atoms with E-state index in [2.05, 4.69) is 30.6 Å². The molecule has 0 aromatic carbocycles. The van der Waals surface area contributed by atoms with Crippen molar-refractivity contribution in [2.75, 3.05) is 26.8 Å². The summed E-state index contributed by atoms with van der Waals surface area (Å²) >= 11 is 0. The minimum absolute atomic E-state index is 0.122. The maximum absolute atomic E-state index is 12.2. The predicted molar refractivity (Wildman–Crippen MR) is 80.9 cm³/mol. The summed E-state index contributed by atoms with van der Waals surface area (Å²) in [6.45, 7) is 2.16. The Labute approximate surface area is 133 Å². The lowest BCUT2D eigenvalue weighted by Gasteiger charge is -2.35. The summed E-state index contributed by atoms with van der Waals surface area (Å²) < 4.78 is 0. The average Bonchev–Trinajstić information content (AvgIpc) is 3.13. The second-order valence-electron chi connectivity index (χ2n) is 6.08. The molecule has 0 atom stereocenters. The van der Waals surface area contributed by atoms with Crippen LogP contribution in [0, 0.1) is 0 Å². The van der Waals surface area contributed by atoms with Crippen molar-refractivity contribution in [3.63, 3.8) is 0 Å². The largest absolute Gasteiger partial charge is 0.359 e. The van der Waals surface area contributed by atoms with Gasteiger partial charge in [0.2, 0.25) is 5.96 Å². The van der Waals surface area contributed by atoms with Gasteiger partial charge in [0.15, 0.2) is 11.6 Å². The molecule has 10 nitrogen and oxygen atoms in total. The standard InChI is InChI=1S/C13H19N9O/c1-19-7-10-14-12(15-13(23)22(10)8-19)21-5-3-9(4-6-21)11-16-18-20(2)17-11/h7,9H,3-6,8H2,1-2H3,(H,14,15,23). The molecule has 1 aromatic heterocycles. The number of nitrogens with zero attached hydrogens (tertiary/aromatic N) is 8. The Morgan fingerprint density at radius 3 is 2.74 bits per heavy atom. The van der Waals surface area contributed by atoms with Crippen LogP contribution in [0.5, 0.6) is 0 Å². The van der Waals surface area contributed by atoms with Gasteiger partial charge in [-0.15, -0.1) is 10.2 Å². The number of rotatable bonds is 1. The van der Waals surface area contributed by atoms with Gasteiger partial charge in [-0.25, -0.2) is 4.79 Å². The minimum Gasteiger partial charge on any atom is -0.359 e. The van der Waals surface area contributed by atoms with Crippen molar-refractivity contribution in [2.24, 2.45) is 12.0 Å². The van der Waals surface area contributed by atoms with E-state index in [4.69, 9.17) is 0 Å². The highest BCUT2D eigenvalue weighted by molar-refractivity contribution is 5.99. The molecule has 4 heterocycles. The number of nitrogens with one attached hydrogen (secondary N) is 1. The first kappa shape index (κ1) is 14.0. The fourth-order valence-corrected chi connectivity index (χ4v) is 3.12. The maximum Gasteiger partial charge on any atom is 0.331 e. The van der Waals surface area contributed by atoms with Crippen LogP contribution in [0.1, 0.15) is 24.6 Å². The topological polar surface area (TPSA) is 94.8 Å². The molecule has 3 aliphatic heterocycles. The number of hydrogen-bond donors (Lipinski definition) is 1. The van der Waals surface area contributed by atoms with E-state index in [0.29, 0.717) is 24.4 Å². The van der Waals surface area contributed by atoms with Gasteiger partial charge in [-0.2, -0.15) is 9.79 Å². The van der Waals surface area contributed by atoms with Crippen molar-refractivity contribution in [2.45, 2.75) is 18.8 Å². The molecule has 0 spiro atoms. The molecule has 1 saturated heterocycles. The molecule has 23 heavy (non-hydrogen) atoms. The molecule has 0 saturated carbocycles. The Morgan fingerprint density at radius 2 is 2.04 bits per heavy atom. The number of aliphatic imine (C=N–C) groups is 1. The molecule has 0 bridgehead atoms. The number of tetrazole rings is 1. The first-order valence-electron chi connectivity index (χ1n) is 7.68. The number of guanidine groups is 1. The monoisotopic (exact) mass is 317 g/mol. The smallest absolute Gasteiger partial charge is 0.331 e. The van der Waals surface area contributed by atoms with Gasteiger partial charge in [-0.05, 0) is 18.1 Å². The highest BCUT2D eigenvalue weighted by Gasteiger charge is 2.33. The lowest BCUT2D eigenvalue weighted by Crippen LogP contribution is -2.54. The number of aryl methyl sites for hydroxylation is 1. The van der Waals surface area contributed by atoms with Gasteiger partial charge in [-0.1, -0.05) is 0 Å². The van der Waals surface area contributed by atoms with Crippen molar-refractivity contribution in [3.05, 3.63) is 17.8 Å². The SMILES string of the molecule is CN1C=C2N=C(N3CCC(c4nnn(C)n4)CC3)NC(=O)N2C1. The first-order chi connectivity index (χ1) is 11.1. The molecular weight excluding hydrogens is 298 g/mol. The maximum atomic E-state index is 12.2. The van der Waals surface area contributed by atoms with E-state index in [0.717, 1.165) is 31.8 Å². The lowest BCUT2D eigenvalue weighted by atomic mass is 9.96. The van der Waals surface area contributed by atoms with Crippen molar-refractivity contribution < 1.29 is 4.79 Å². The number of aromatic nitrogens is 4. The third-order valence-corrected chi connectivity index (χ3v) is 4.34. The van der Waals surface area contributed by atoms with Crippen LogP contribution >= 0.6 is 0 Å². The second kappa shape index (κ2) is 5.21. The fourth-order valence-electron chi connectivity index (χ4n) is 3.12. The third-order valence-electron chi connectivity index (χ3n) is 4.34. The number of amides is 2. The normalized spacial score (nSPS) is 22.0. The van der Waals surface area contributed by atoms with Crippen LogP contribution in [-0.4, -0.2) is 73.7 Å². The molecule has 0 aliphatic carbocycles. The van der Waals surface area contributed by atoms with Crippen LogP contribution in [0.2, 0.25) is 0 Å². The van der Waals surface area contributed by atoms with Gasteiger partial charge in [0.1, 0.15) is 6.67 Å². The summed E-state index contributed by atoms with van der Waals surface area (Å²) in [5.41, 5.74) is 0. The summed E-state index contributed by atoms with van der Waals surface area (Å²) in [6.07, 6.45) is 3.72. The summed E-state index contributed by atoms with van der Waals surface area (Å²) in [6, 6.07) is -0.122. The highest BCUT2D eigenvalue weighted by Crippen LogP contribution is 2.26. The zero-order chi connectivity index (χ0) is 16.0. The minimum atomic E-state index is -0.122. The quantitative estimate of drug-likeness (QED) is 0.748. The van der Waals surface area contributed by atoms with Crippen LogP contribution in [0.4, 0.5) is 4.79 Å². The molecule has 1 N–H and O–H groups in total. The molecular formula is C13H19N9O. The van der Waals surface area contributed by atoms with Gasteiger partial charge in [0.05, 0.1) is 7.05 Å². The molecule has 3 aliphatic rings. The Morgan fingerprint density at radius 1 is 1.26 bits per heavy atom. The van der Waals surface area contributed by atoms with Crippen molar-refractivity contribution in [1.29, 1.82) is 0 Å². The van der Waals surface area contributed by atoms with E-state index in [1.807, 2.05) is 18.1 Å². The Bertz CT molecular complexity index is 685. The van der Waals surface area contributed by atoms with Crippen LogP contribution in [-0.2, 0) is 7.05 Å². The zero-order valence-electron chi connectivity index (χ0n) is 13.2. The summed E-state index contributed by atoms with van der Waals surface area (Å²) in [5.74, 6) is 2.45. The molecule has 122 valence electrons. The zero-order valence-corrected chi connectivity index (χ0v) is 13.2. The third kappa shape index (κ3) is 2.49. The molecule has 0 radical (unpaired) electrons. The van der Waals surface area contributed by atoms with Gasteiger partial charge in [0.25, 0.3) is 0 Å². The lowest BCUT2D eigenvalue weighted by molar-refractivity contribution is 0.201.